The van der Waals surface area contributed by atoms with Crippen LogP contribution in [0.3, 0.4) is 0 Å². The lowest BCUT2D eigenvalue weighted by Crippen LogP contribution is -2.41. The van der Waals surface area contributed by atoms with E-state index in [9.17, 15) is 22.4 Å². The number of alkyl halides is 2. The van der Waals surface area contributed by atoms with E-state index in [1.165, 1.54) is 25.1 Å². The minimum atomic E-state index is -2.95. The van der Waals surface area contributed by atoms with Crippen LogP contribution >= 0.6 is 11.8 Å². The predicted octanol–water partition coefficient (Wildman–Crippen LogP) is 6.60. The molecule has 2 nitrogen and oxygen atoms in total. The van der Waals surface area contributed by atoms with Gasteiger partial charge in [-0.2, -0.15) is 8.78 Å². The first-order valence-electron chi connectivity index (χ1n) is 9.64. The average Bonchev–Trinajstić information content (AvgIpc) is 2.70. The van der Waals surface area contributed by atoms with Crippen molar-refractivity contribution in [3.05, 3.63) is 54.1 Å². The second kappa shape index (κ2) is 10.1. The van der Waals surface area contributed by atoms with E-state index in [0.29, 0.717) is 35.3 Å². The van der Waals surface area contributed by atoms with Gasteiger partial charge in [0.05, 0.1) is 0 Å². The number of likely N-dealkylation sites (tertiary alicyclic amines) is 1. The smallest absolute Gasteiger partial charge is 0.301 e. The SMILES string of the molecule is CC.CC(=O)N1CCC(C(F)(F)Sc2ccc(-c3ccc(F)cc3F)cc2)CC1. The fraction of sp³-hybridized carbons (Fsp3) is 0.409. The third-order valence-electron chi connectivity index (χ3n) is 4.77. The van der Waals surface area contributed by atoms with E-state index in [1.807, 2.05) is 13.8 Å². The van der Waals surface area contributed by atoms with Crippen LogP contribution in [0.15, 0.2) is 47.4 Å². The molecule has 0 N–H and O–H groups in total. The Balaban J connectivity index is 0.00000145. The molecular weight excluding hydrogens is 402 g/mol. The molecule has 0 bridgehead atoms. The van der Waals surface area contributed by atoms with E-state index in [2.05, 4.69) is 0 Å². The maximum Gasteiger partial charge on any atom is 0.301 e. The Morgan fingerprint density at radius 1 is 1.03 bits per heavy atom. The molecule has 7 heteroatoms. The van der Waals surface area contributed by atoms with Gasteiger partial charge in [-0.15, -0.1) is 0 Å². The van der Waals surface area contributed by atoms with Gasteiger partial charge >= 0.3 is 5.25 Å². The van der Waals surface area contributed by atoms with Crippen molar-refractivity contribution in [2.45, 2.75) is 43.8 Å². The summed E-state index contributed by atoms with van der Waals surface area (Å²) in [4.78, 5) is 13.3. The highest BCUT2D eigenvalue weighted by molar-refractivity contribution is 8.00. The lowest BCUT2D eigenvalue weighted by molar-refractivity contribution is -0.131. The predicted molar refractivity (Wildman–Crippen MR) is 109 cm³/mol. The van der Waals surface area contributed by atoms with Gasteiger partial charge in [-0.1, -0.05) is 37.7 Å². The van der Waals surface area contributed by atoms with Crippen LogP contribution in [0.1, 0.15) is 33.6 Å². The van der Waals surface area contributed by atoms with E-state index in [1.54, 1.807) is 17.0 Å². The van der Waals surface area contributed by atoms with Gasteiger partial charge in [0.15, 0.2) is 0 Å². The minimum absolute atomic E-state index is 0.0898. The van der Waals surface area contributed by atoms with Gasteiger partial charge in [0.2, 0.25) is 5.91 Å². The molecule has 3 rings (SSSR count). The molecule has 1 aliphatic heterocycles. The summed E-state index contributed by atoms with van der Waals surface area (Å²) in [5.41, 5.74) is 0.714. The van der Waals surface area contributed by atoms with Gasteiger partial charge in [0.1, 0.15) is 11.6 Å². The number of halogens is 4. The molecule has 29 heavy (non-hydrogen) atoms. The monoisotopic (exact) mass is 427 g/mol. The van der Waals surface area contributed by atoms with Crippen molar-refractivity contribution >= 4 is 17.7 Å². The molecule has 2 aromatic rings. The molecule has 0 saturated carbocycles. The second-order valence-electron chi connectivity index (χ2n) is 6.59. The van der Waals surface area contributed by atoms with E-state index in [0.717, 1.165) is 12.1 Å². The highest BCUT2D eigenvalue weighted by Crippen LogP contribution is 2.45. The molecule has 0 radical (unpaired) electrons. The van der Waals surface area contributed by atoms with Gasteiger partial charge < -0.3 is 4.90 Å². The number of amides is 1. The van der Waals surface area contributed by atoms with Crippen LogP contribution in [0.4, 0.5) is 17.6 Å². The van der Waals surface area contributed by atoms with Crippen molar-refractivity contribution in [1.29, 1.82) is 0 Å². The Bertz CT molecular complexity index is 818. The summed E-state index contributed by atoms with van der Waals surface area (Å²) in [5.74, 6) is -2.25. The molecule has 0 spiro atoms. The lowest BCUT2D eigenvalue weighted by atomic mass is 9.97. The first kappa shape index (κ1) is 23.3. The lowest BCUT2D eigenvalue weighted by Gasteiger charge is -2.35. The molecule has 0 unspecified atom stereocenters. The number of carbonyl (C=O) groups is 1. The summed E-state index contributed by atoms with van der Waals surface area (Å²) in [7, 11) is 0. The first-order chi connectivity index (χ1) is 13.8. The van der Waals surface area contributed by atoms with E-state index >= 15 is 0 Å². The van der Waals surface area contributed by atoms with Crippen molar-refractivity contribution < 1.29 is 22.4 Å². The zero-order valence-electron chi connectivity index (χ0n) is 16.7. The number of thioether (sulfide) groups is 1. The fourth-order valence-electron chi connectivity index (χ4n) is 3.20. The Labute approximate surface area is 173 Å². The zero-order valence-corrected chi connectivity index (χ0v) is 17.5. The van der Waals surface area contributed by atoms with Crippen LogP contribution in [-0.4, -0.2) is 29.2 Å². The third kappa shape index (κ3) is 5.98. The van der Waals surface area contributed by atoms with Gasteiger partial charge in [-0.05, 0) is 42.7 Å². The molecule has 1 fully saturated rings. The third-order valence-corrected chi connectivity index (χ3v) is 5.88. The topological polar surface area (TPSA) is 20.3 Å². The number of hydrogen-bond acceptors (Lipinski definition) is 2. The Hall–Kier alpha value is -2.02. The second-order valence-corrected chi connectivity index (χ2v) is 7.81. The van der Waals surface area contributed by atoms with Crippen molar-refractivity contribution in [3.8, 4) is 11.1 Å². The average molecular weight is 428 g/mol. The van der Waals surface area contributed by atoms with E-state index < -0.39 is 22.8 Å². The maximum atomic E-state index is 14.6. The van der Waals surface area contributed by atoms with Crippen molar-refractivity contribution in [1.82, 2.24) is 4.90 Å². The fourth-order valence-corrected chi connectivity index (χ4v) is 4.19. The Morgan fingerprint density at radius 2 is 1.62 bits per heavy atom. The molecule has 0 aromatic heterocycles. The molecule has 1 amide bonds. The standard InChI is InChI=1S/C20H19F4NOS.C2H6/c1-13(26)25-10-8-15(9-11-25)20(23,24)27-17-5-2-14(3-6-17)18-7-4-16(21)12-19(18)22;1-2/h2-7,12,15H,8-11H2,1H3;1-2H3. The number of rotatable bonds is 4. The first-order valence-corrected chi connectivity index (χ1v) is 10.5. The molecule has 1 saturated heterocycles. The summed E-state index contributed by atoms with van der Waals surface area (Å²) < 4.78 is 56.1. The number of nitrogens with zero attached hydrogens (tertiary/aromatic N) is 1. The van der Waals surface area contributed by atoms with Crippen LogP contribution in [-0.2, 0) is 4.79 Å². The highest BCUT2D eigenvalue weighted by atomic mass is 32.2. The molecule has 2 aromatic carbocycles. The molecule has 1 aliphatic rings. The Morgan fingerprint density at radius 3 is 2.14 bits per heavy atom. The van der Waals surface area contributed by atoms with Crippen LogP contribution in [0.5, 0.6) is 0 Å². The van der Waals surface area contributed by atoms with Crippen LogP contribution < -0.4 is 0 Å². The molecule has 1 heterocycles. The summed E-state index contributed by atoms with van der Waals surface area (Å²) in [6.45, 7) is 6.14. The number of benzene rings is 2. The van der Waals surface area contributed by atoms with Crippen LogP contribution in [0, 0.1) is 17.6 Å². The summed E-state index contributed by atoms with van der Waals surface area (Å²) >= 11 is 0.482. The number of piperidine rings is 1. The van der Waals surface area contributed by atoms with Gasteiger partial charge in [0.25, 0.3) is 0 Å². The van der Waals surface area contributed by atoms with Crippen molar-refractivity contribution in [2.75, 3.05) is 13.1 Å². The normalized spacial score (nSPS) is 14.9. The summed E-state index contributed by atoms with van der Waals surface area (Å²) in [6, 6.07) is 9.40. The molecule has 158 valence electrons. The minimum Gasteiger partial charge on any atom is -0.343 e. The number of carbonyl (C=O) groups excluding carboxylic acids is 1. The Kier molecular flexibility index (Phi) is 8.14. The van der Waals surface area contributed by atoms with Crippen LogP contribution in [0.2, 0.25) is 0 Å². The van der Waals surface area contributed by atoms with E-state index in [4.69, 9.17) is 0 Å². The van der Waals surface area contributed by atoms with Crippen molar-refractivity contribution in [3.63, 3.8) is 0 Å². The summed E-state index contributed by atoms with van der Waals surface area (Å²) in [6.07, 6.45) is 0.525. The maximum absolute atomic E-state index is 14.6. The van der Waals surface area contributed by atoms with E-state index in [-0.39, 0.29) is 24.3 Å². The van der Waals surface area contributed by atoms with Crippen LogP contribution in [0.25, 0.3) is 11.1 Å². The number of hydrogen-bond donors (Lipinski definition) is 0. The molecule has 0 atom stereocenters. The van der Waals surface area contributed by atoms with Crippen molar-refractivity contribution in [2.24, 2.45) is 5.92 Å². The molecular formula is C22H25F4NOS. The quantitative estimate of drug-likeness (QED) is 0.405. The van der Waals surface area contributed by atoms with Gasteiger partial charge in [-0.3, -0.25) is 4.79 Å². The molecule has 0 aliphatic carbocycles. The van der Waals surface area contributed by atoms with Gasteiger partial charge in [0, 0.05) is 42.5 Å². The largest absolute Gasteiger partial charge is 0.343 e. The zero-order chi connectivity index (χ0) is 21.6. The summed E-state index contributed by atoms with van der Waals surface area (Å²) in [5, 5.41) is -2.95. The van der Waals surface area contributed by atoms with Gasteiger partial charge in [-0.25, -0.2) is 8.78 Å². The highest BCUT2D eigenvalue weighted by Gasteiger charge is 2.42.